The minimum Gasteiger partial charge on any atom is -0.372 e. The van der Waals surface area contributed by atoms with Gasteiger partial charge in [-0.2, -0.15) is 0 Å². The number of carbonyl (C=O) groups is 1. The molecule has 0 radical (unpaired) electrons. The van der Waals surface area contributed by atoms with Crippen LogP contribution in [0.4, 0.5) is 0 Å². The SMILES string of the molecule is CN(C)C(=O)CO[C@H]1CCOC2(C1)CN(Cc1cccnc1)C2. The van der Waals surface area contributed by atoms with E-state index in [2.05, 4.69) is 16.0 Å². The maximum absolute atomic E-state index is 11.6. The molecule has 2 aliphatic rings. The van der Waals surface area contributed by atoms with Crippen molar-refractivity contribution in [2.45, 2.75) is 31.1 Å². The Morgan fingerprint density at radius 3 is 3.04 bits per heavy atom. The van der Waals surface area contributed by atoms with E-state index >= 15 is 0 Å². The van der Waals surface area contributed by atoms with Crippen molar-refractivity contribution in [3.8, 4) is 0 Å². The molecule has 3 heterocycles. The molecule has 1 spiro atoms. The van der Waals surface area contributed by atoms with Crippen LogP contribution in [0.1, 0.15) is 18.4 Å². The average Bonchev–Trinajstić information content (AvgIpc) is 2.52. The van der Waals surface area contributed by atoms with Crippen LogP contribution in [0.3, 0.4) is 0 Å². The lowest BCUT2D eigenvalue weighted by atomic mass is 9.84. The van der Waals surface area contributed by atoms with Gasteiger partial charge in [-0.3, -0.25) is 14.7 Å². The van der Waals surface area contributed by atoms with E-state index < -0.39 is 0 Å². The monoisotopic (exact) mass is 319 g/mol. The first-order valence-corrected chi connectivity index (χ1v) is 8.13. The van der Waals surface area contributed by atoms with Gasteiger partial charge in [-0.15, -0.1) is 0 Å². The van der Waals surface area contributed by atoms with Crippen molar-refractivity contribution in [1.29, 1.82) is 0 Å². The zero-order valence-corrected chi connectivity index (χ0v) is 13.9. The largest absolute Gasteiger partial charge is 0.372 e. The third-order valence-corrected chi connectivity index (χ3v) is 4.54. The number of hydrogen-bond donors (Lipinski definition) is 0. The molecule has 1 atom stereocenters. The van der Waals surface area contributed by atoms with Crippen LogP contribution in [-0.4, -0.2) is 72.8 Å². The molecule has 23 heavy (non-hydrogen) atoms. The third kappa shape index (κ3) is 4.07. The minimum atomic E-state index is -0.0910. The standard InChI is InChI=1S/C17H25N3O3/c1-19(2)16(21)11-22-15-5-7-23-17(8-15)12-20(13-17)10-14-4-3-6-18-9-14/h3-4,6,9,15H,5,7-8,10-13H2,1-2H3/t15-/m0/s1. The van der Waals surface area contributed by atoms with E-state index in [9.17, 15) is 4.79 Å². The van der Waals surface area contributed by atoms with Crippen molar-refractivity contribution in [1.82, 2.24) is 14.8 Å². The van der Waals surface area contributed by atoms with Crippen LogP contribution >= 0.6 is 0 Å². The maximum Gasteiger partial charge on any atom is 0.248 e. The van der Waals surface area contributed by atoms with Crippen LogP contribution in [0.15, 0.2) is 24.5 Å². The van der Waals surface area contributed by atoms with E-state index in [1.165, 1.54) is 5.56 Å². The lowest BCUT2D eigenvalue weighted by Crippen LogP contribution is -2.65. The van der Waals surface area contributed by atoms with Crippen molar-refractivity contribution in [3.63, 3.8) is 0 Å². The summed E-state index contributed by atoms with van der Waals surface area (Å²) in [6, 6.07) is 4.06. The fourth-order valence-corrected chi connectivity index (χ4v) is 3.29. The molecule has 6 heteroatoms. The van der Waals surface area contributed by atoms with Gasteiger partial charge in [-0.1, -0.05) is 6.07 Å². The van der Waals surface area contributed by atoms with Gasteiger partial charge in [0, 0.05) is 59.2 Å². The van der Waals surface area contributed by atoms with Crippen LogP contribution in [0, 0.1) is 0 Å². The number of pyridine rings is 1. The van der Waals surface area contributed by atoms with Crippen molar-refractivity contribution < 1.29 is 14.3 Å². The Bertz CT molecular complexity index is 529. The molecular weight excluding hydrogens is 294 g/mol. The highest BCUT2D eigenvalue weighted by Gasteiger charge is 2.47. The summed E-state index contributed by atoms with van der Waals surface area (Å²) in [6.45, 7) is 3.62. The number of likely N-dealkylation sites (N-methyl/N-ethyl adjacent to an activating group) is 1. The molecule has 6 nitrogen and oxygen atoms in total. The van der Waals surface area contributed by atoms with E-state index in [-0.39, 0.29) is 24.2 Å². The number of nitrogens with zero attached hydrogens (tertiary/aromatic N) is 3. The minimum absolute atomic E-state index is 0.0114. The zero-order valence-electron chi connectivity index (χ0n) is 13.9. The van der Waals surface area contributed by atoms with Crippen molar-refractivity contribution in [2.24, 2.45) is 0 Å². The summed E-state index contributed by atoms with van der Waals surface area (Å²) in [7, 11) is 3.50. The molecule has 2 saturated heterocycles. The molecule has 2 fully saturated rings. The van der Waals surface area contributed by atoms with Gasteiger partial charge in [0.25, 0.3) is 0 Å². The Balaban J connectivity index is 1.45. The lowest BCUT2D eigenvalue weighted by Gasteiger charge is -2.53. The number of amides is 1. The number of hydrogen-bond acceptors (Lipinski definition) is 5. The van der Waals surface area contributed by atoms with Crippen LogP contribution in [0.5, 0.6) is 0 Å². The van der Waals surface area contributed by atoms with Crippen LogP contribution in [0.25, 0.3) is 0 Å². The summed E-state index contributed by atoms with van der Waals surface area (Å²) < 4.78 is 11.8. The second-order valence-electron chi connectivity index (χ2n) is 6.75. The van der Waals surface area contributed by atoms with E-state index in [1.807, 2.05) is 12.3 Å². The summed E-state index contributed by atoms with van der Waals surface area (Å²) in [4.78, 5) is 19.7. The van der Waals surface area contributed by atoms with Gasteiger partial charge in [0.2, 0.25) is 5.91 Å². The molecule has 3 rings (SSSR count). The number of carbonyl (C=O) groups excluding carboxylic acids is 1. The van der Waals surface area contributed by atoms with Crippen LogP contribution in [-0.2, 0) is 20.8 Å². The summed E-state index contributed by atoms with van der Waals surface area (Å²) in [5.41, 5.74) is 1.13. The summed E-state index contributed by atoms with van der Waals surface area (Å²) in [5.74, 6) is 0.0114. The molecule has 0 aromatic carbocycles. The summed E-state index contributed by atoms with van der Waals surface area (Å²) in [6.07, 6.45) is 5.56. The van der Waals surface area contributed by atoms with Gasteiger partial charge in [0.1, 0.15) is 6.61 Å². The Labute approximate surface area is 137 Å². The highest BCUT2D eigenvalue weighted by Crippen LogP contribution is 2.35. The van der Waals surface area contributed by atoms with Crippen molar-refractivity contribution >= 4 is 5.91 Å². The van der Waals surface area contributed by atoms with Crippen molar-refractivity contribution in [2.75, 3.05) is 40.4 Å². The van der Waals surface area contributed by atoms with Gasteiger partial charge in [-0.25, -0.2) is 0 Å². The summed E-state index contributed by atoms with van der Waals surface area (Å²) >= 11 is 0. The van der Waals surface area contributed by atoms with E-state index in [0.717, 1.165) is 32.5 Å². The van der Waals surface area contributed by atoms with Gasteiger partial charge < -0.3 is 14.4 Å². The Morgan fingerprint density at radius 2 is 2.35 bits per heavy atom. The zero-order chi connectivity index (χ0) is 16.3. The smallest absolute Gasteiger partial charge is 0.248 e. The fourth-order valence-electron chi connectivity index (χ4n) is 3.29. The number of likely N-dealkylation sites (tertiary alicyclic amines) is 1. The first-order valence-electron chi connectivity index (χ1n) is 8.13. The topological polar surface area (TPSA) is 54.9 Å². The second-order valence-corrected chi connectivity index (χ2v) is 6.75. The molecule has 126 valence electrons. The Kier molecular flexibility index (Phi) is 4.94. The van der Waals surface area contributed by atoms with Gasteiger partial charge in [-0.05, 0) is 18.1 Å². The van der Waals surface area contributed by atoms with Gasteiger partial charge in [0.15, 0.2) is 0 Å². The van der Waals surface area contributed by atoms with E-state index in [4.69, 9.17) is 9.47 Å². The molecule has 0 saturated carbocycles. The van der Waals surface area contributed by atoms with Gasteiger partial charge in [0.05, 0.1) is 11.7 Å². The molecule has 1 aromatic rings. The first kappa shape index (κ1) is 16.4. The predicted molar refractivity (Wildman–Crippen MR) is 85.9 cm³/mol. The molecule has 0 unspecified atom stereocenters. The molecule has 0 N–H and O–H groups in total. The predicted octanol–water partition coefficient (Wildman–Crippen LogP) is 0.920. The van der Waals surface area contributed by atoms with Crippen LogP contribution in [0.2, 0.25) is 0 Å². The summed E-state index contributed by atoms with van der Waals surface area (Å²) in [5, 5.41) is 0. The fraction of sp³-hybridized carbons (Fsp3) is 0.647. The number of rotatable bonds is 5. The van der Waals surface area contributed by atoms with E-state index in [0.29, 0.717) is 6.61 Å². The molecule has 1 amide bonds. The molecule has 2 aliphatic heterocycles. The Morgan fingerprint density at radius 1 is 1.52 bits per heavy atom. The van der Waals surface area contributed by atoms with Gasteiger partial charge >= 0.3 is 0 Å². The molecule has 1 aromatic heterocycles. The highest BCUT2D eigenvalue weighted by molar-refractivity contribution is 5.76. The van der Waals surface area contributed by atoms with E-state index in [1.54, 1.807) is 25.2 Å². The maximum atomic E-state index is 11.6. The molecule has 0 bridgehead atoms. The molecular formula is C17H25N3O3. The number of aromatic nitrogens is 1. The normalized spacial score (nSPS) is 23.5. The Hall–Kier alpha value is -1.50. The number of ether oxygens (including phenoxy) is 2. The molecule has 0 aliphatic carbocycles. The quantitative estimate of drug-likeness (QED) is 0.808. The first-order chi connectivity index (χ1) is 11.1. The van der Waals surface area contributed by atoms with Crippen LogP contribution < -0.4 is 0 Å². The highest BCUT2D eigenvalue weighted by atomic mass is 16.5. The second kappa shape index (κ2) is 6.95. The van der Waals surface area contributed by atoms with Crippen molar-refractivity contribution in [3.05, 3.63) is 30.1 Å². The lowest BCUT2D eigenvalue weighted by molar-refractivity contribution is -0.200. The average molecular weight is 319 g/mol. The third-order valence-electron chi connectivity index (χ3n) is 4.54.